The van der Waals surface area contributed by atoms with Crippen LogP contribution in [0.25, 0.3) is 11.2 Å². The third kappa shape index (κ3) is 5.91. The van der Waals surface area contributed by atoms with Gasteiger partial charge in [0, 0.05) is 49.9 Å². The Morgan fingerprint density at radius 2 is 1.95 bits per heavy atom. The van der Waals surface area contributed by atoms with Crippen LogP contribution in [0.1, 0.15) is 71.1 Å². The molecule has 1 N–H and O–H groups in total. The SMILES string of the molecule is Cn1c(=O)n(CC(C)(C)C)c2ccc(C3CCC(C)(C)C(NC(=O)CN4CCOc5ccccc5C4)C3)nc21. The number of amides is 1. The quantitative estimate of drug-likeness (QED) is 0.524. The number of fused-ring (bicyclic) bond motifs is 2. The Bertz CT molecular complexity index is 1410. The summed E-state index contributed by atoms with van der Waals surface area (Å²) in [7, 11) is 1.81. The third-order valence-corrected chi connectivity index (χ3v) is 8.39. The van der Waals surface area contributed by atoms with Crippen molar-refractivity contribution in [3.8, 4) is 5.75 Å². The highest BCUT2D eigenvalue weighted by atomic mass is 16.5. The second-order valence-corrected chi connectivity index (χ2v) is 13.3. The van der Waals surface area contributed by atoms with Crippen molar-refractivity contribution >= 4 is 17.1 Å². The molecule has 0 bridgehead atoms. The molecular formula is C31H43N5O3. The van der Waals surface area contributed by atoms with E-state index in [0.717, 1.165) is 54.0 Å². The molecule has 1 aliphatic carbocycles. The largest absolute Gasteiger partial charge is 0.492 e. The van der Waals surface area contributed by atoms with Gasteiger partial charge in [-0.2, -0.15) is 0 Å². The van der Waals surface area contributed by atoms with Crippen molar-refractivity contribution in [1.29, 1.82) is 0 Å². The fourth-order valence-electron chi connectivity index (χ4n) is 6.07. The summed E-state index contributed by atoms with van der Waals surface area (Å²) in [4.78, 5) is 33.4. The summed E-state index contributed by atoms with van der Waals surface area (Å²) >= 11 is 0. The van der Waals surface area contributed by atoms with Crippen LogP contribution in [0.5, 0.6) is 5.75 Å². The molecule has 3 heterocycles. The zero-order valence-electron chi connectivity index (χ0n) is 24.3. The second-order valence-electron chi connectivity index (χ2n) is 13.3. The summed E-state index contributed by atoms with van der Waals surface area (Å²) in [5.74, 6) is 1.19. The first kappa shape index (κ1) is 27.4. The molecule has 1 aromatic carbocycles. The maximum Gasteiger partial charge on any atom is 0.330 e. The van der Waals surface area contributed by atoms with E-state index in [4.69, 9.17) is 9.72 Å². The van der Waals surface area contributed by atoms with Crippen LogP contribution in [-0.4, -0.2) is 50.7 Å². The molecule has 1 saturated carbocycles. The van der Waals surface area contributed by atoms with Crippen LogP contribution >= 0.6 is 0 Å². The lowest BCUT2D eigenvalue weighted by molar-refractivity contribution is -0.124. The van der Waals surface area contributed by atoms with E-state index in [1.165, 1.54) is 0 Å². The summed E-state index contributed by atoms with van der Waals surface area (Å²) in [5, 5.41) is 3.38. The van der Waals surface area contributed by atoms with E-state index in [0.29, 0.717) is 26.2 Å². The van der Waals surface area contributed by atoms with Crippen molar-refractivity contribution in [2.45, 2.75) is 78.9 Å². The molecule has 2 aromatic heterocycles. The molecule has 0 radical (unpaired) electrons. The Hall–Kier alpha value is -3.13. The Labute approximate surface area is 231 Å². The highest BCUT2D eigenvalue weighted by Gasteiger charge is 2.38. The molecule has 1 aliphatic heterocycles. The van der Waals surface area contributed by atoms with Crippen LogP contribution in [0.4, 0.5) is 0 Å². The monoisotopic (exact) mass is 533 g/mol. The number of carbonyl (C=O) groups excluding carboxylic acids is 1. The molecule has 39 heavy (non-hydrogen) atoms. The number of nitrogens with zero attached hydrogens (tertiary/aromatic N) is 4. The number of ether oxygens (including phenoxy) is 1. The number of benzene rings is 1. The topological polar surface area (TPSA) is 81.4 Å². The molecule has 0 spiro atoms. The van der Waals surface area contributed by atoms with E-state index in [1.807, 2.05) is 22.8 Å². The van der Waals surface area contributed by atoms with Crippen LogP contribution in [0.15, 0.2) is 41.2 Å². The highest BCUT2D eigenvalue weighted by molar-refractivity contribution is 5.78. The smallest absolute Gasteiger partial charge is 0.330 e. The minimum Gasteiger partial charge on any atom is -0.492 e. The van der Waals surface area contributed by atoms with Crippen LogP contribution in [0.3, 0.4) is 0 Å². The van der Waals surface area contributed by atoms with Gasteiger partial charge in [-0.3, -0.25) is 18.8 Å². The zero-order valence-corrected chi connectivity index (χ0v) is 24.3. The average Bonchev–Trinajstić information content (AvgIpc) is 3.00. The van der Waals surface area contributed by atoms with E-state index in [1.54, 1.807) is 11.6 Å². The lowest BCUT2D eigenvalue weighted by Crippen LogP contribution is -2.51. The van der Waals surface area contributed by atoms with Crippen LogP contribution in [0.2, 0.25) is 0 Å². The first-order valence-electron chi connectivity index (χ1n) is 14.2. The number of aromatic nitrogens is 3. The third-order valence-electron chi connectivity index (χ3n) is 8.39. The van der Waals surface area contributed by atoms with Gasteiger partial charge in [0.05, 0.1) is 12.1 Å². The number of pyridine rings is 1. The fraction of sp³-hybridized carbons (Fsp3) is 0.581. The van der Waals surface area contributed by atoms with Crippen molar-refractivity contribution in [2.24, 2.45) is 17.9 Å². The zero-order chi connectivity index (χ0) is 27.9. The molecule has 210 valence electrons. The molecule has 8 nitrogen and oxygen atoms in total. The maximum atomic E-state index is 13.3. The Morgan fingerprint density at radius 1 is 1.18 bits per heavy atom. The van der Waals surface area contributed by atoms with E-state index in [2.05, 4.69) is 63.0 Å². The molecule has 5 rings (SSSR count). The number of hydrogen-bond acceptors (Lipinski definition) is 5. The lowest BCUT2D eigenvalue weighted by Gasteiger charge is -2.42. The van der Waals surface area contributed by atoms with E-state index < -0.39 is 0 Å². The minimum atomic E-state index is -0.0268. The van der Waals surface area contributed by atoms with Gasteiger partial charge in [-0.1, -0.05) is 52.8 Å². The van der Waals surface area contributed by atoms with Crippen molar-refractivity contribution in [2.75, 3.05) is 19.7 Å². The number of imidazole rings is 1. The van der Waals surface area contributed by atoms with Gasteiger partial charge in [0.2, 0.25) is 5.91 Å². The van der Waals surface area contributed by atoms with Gasteiger partial charge < -0.3 is 10.1 Å². The van der Waals surface area contributed by atoms with Gasteiger partial charge >= 0.3 is 5.69 Å². The Balaban J connectivity index is 1.30. The predicted octanol–water partition coefficient (Wildman–Crippen LogP) is 4.45. The number of nitrogens with one attached hydrogen (secondary N) is 1. The molecule has 2 atom stereocenters. The first-order valence-corrected chi connectivity index (χ1v) is 14.2. The maximum absolute atomic E-state index is 13.3. The van der Waals surface area contributed by atoms with Gasteiger partial charge in [0.15, 0.2) is 5.65 Å². The van der Waals surface area contributed by atoms with E-state index in [-0.39, 0.29) is 34.4 Å². The summed E-state index contributed by atoms with van der Waals surface area (Å²) in [6, 6.07) is 12.2. The molecule has 1 amide bonds. The van der Waals surface area contributed by atoms with E-state index in [9.17, 15) is 9.59 Å². The molecule has 3 aromatic rings. The van der Waals surface area contributed by atoms with Gasteiger partial charge in [-0.15, -0.1) is 0 Å². The Morgan fingerprint density at radius 3 is 2.72 bits per heavy atom. The fourth-order valence-corrected chi connectivity index (χ4v) is 6.07. The molecule has 8 heteroatoms. The van der Waals surface area contributed by atoms with Crippen LogP contribution in [0, 0.1) is 10.8 Å². The number of rotatable bonds is 5. The number of aryl methyl sites for hydroxylation is 1. The van der Waals surface area contributed by atoms with Gasteiger partial charge in [0.25, 0.3) is 0 Å². The summed E-state index contributed by atoms with van der Waals surface area (Å²) < 4.78 is 9.38. The Kier molecular flexibility index (Phi) is 7.35. The number of carbonyl (C=O) groups is 1. The molecule has 2 unspecified atom stereocenters. The van der Waals surface area contributed by atoms with Crippen molar-refractivity contribution in [3.05, 3.63) is 58.1 Å². The normalized spacial score (nSPS) is 21.7. The van der Waals surface area contributed by atoms with E-state index >= 15 is 0 Å². The lowest BCUT2D eigenvalue weighted by atomic mass is 9.68. The highest BCUT2D eigenvalue weighted by Crippen LogP contribution is 2.42. The summed E-state index contributed by atoms with van der Waals surface area (Å²) in [6.07, 6.45) is 2.84. The van der Waals surface area contributed by atoms with Crippen molar-refractivity contribution < 1.29 is 9.53 Å². The van der Waals surface area contributed by atoms with Crippen LogP contribution in [-0.2, 0) is 24.9 Å². The molecular weight excluding hydrogens is 490 g/mol. The van der Waals surface area contributed by atoms with Gasteiger partial charge in [0.1, 0.15) is 12.4 Å². The number of para-hydroxylation sites is 1. The van der Waals surface area contributed by atoms with Crippen LogP contribution < -0.4 is 15.7 Å². The predicted molar refractivity (Wildman–Crippen MR) is 154 cm³/mol. The molecule has 2 aliphatic rings. The van der Waals surface area contributed by atoms with Crippen molar-refractivity contribution in [3.63, 3.8) is 0 Å². The summed E-state index contributed by atoms with van der Waals surface area (Å²) in [6.45, 7) is 13.9. The second kappa shape index (κ2) is 10.5. The van der Waals surface area contributed by atoms with Gasteiger partial charge in [-0.05, 0) is 48.3 Å². The molecule has 1 fully saturated rings. The standard InChI is InChI=1S/C31H43N5O3/c1-30(2,3)20-36-24-12-11-23(32-28(24)34(6)29(36)38)21-13-14-31(4,5)26(17-21)33-27(37)19-35-15-16-39-25-10-8-7-9-22(25)18-35/h7-12,21,26H,13-20H2,1-6H3,(H,33,37). The van der Waals surface area contributed by atoms with Crippen molar-refractivity contribution in [1.82, 2.24) is 24.3 Å². The average molecular weight is 534 g/mol. The summed E-state index contributed by atoms with van der Waals surface area (Å²) in [5.41, 5.74) is 3.69. The number of hydrogen-bond donors (Lipinski definition) is 1. The first-order chi connectivity index (χ1) is 18.4. The van der Waals surface area contributed by atoms with Gasteiger partial charge in [-0.25, -0.2) is 9.78 Å². The molecule has 0 saturated heterocycles. The minimum absolute atomic E-state index is 0.00630.